The molecule has 0 aromatic heterocycles. The quantitative estimate of drug-likeness (QED) is 0.701. The van der Waals surface area contributed by atoms with Crippen molar-refractivity contribution in [3.8, 4) is 11.5 Å². The summed E-state index contributed by atoms with van der Waals surface area (Å²) in [4.78, 5) is 10.4. The zero-order valence-electron chi connectivity index (χ0n) is 9.01. The number of hydrogen-bond acceptors (Lipinski definition) is 4. The van der Waals surface area contributed by atoms with Crippen LogP contribution in [-0.4, -0.2) is 23.3 Å². The number of carboxylic acid groups (broad SMARTS) is 1. The van der Waals surface area contributed by atoms with Gasteiger partial charge in [0.2, 0.25) is 0 Å². The maximum atomic E-state index is 10.4. The van der Waals surface area contributed by atoms with Gasteiger partial charge in [-0.05, 0) is 24.6 Å². The molecule has 16 heavy (non-hydrogen) atoms. The lowest BCUT2D eigenvalue weighted by molar-refractivity contribution is -0.137. The maximum absolute atomic E-state index is 10.4. The van der Waals surface area contributed by atoms with Gasteiger partial charge in [-0.25, -0.2) is 0 Å². The van der Waals surface area contributed by atoms with Crippen LogP contribution in [0.1, 0.15) is 24.4 Å². The third-order valence-electron chi connectivity index (χ3n) is 2.28. The predicted molar refractivity (Wildman–Crippen MR) is 58.5 cm³/mol. The summed E-state index contributed by atoms with van der Waals surface area (Å²) in [6, 6.07) is 4.13. The van der Waals surface area contributed by atoms with Crippen molar-refractivity contribution in [2.24, 2.45) is 5.73 Å². The number of aromatic hydroxyl groups is 1. The number of carbonyl (C=O) groups is 1. The number of ether oxygens (including phenoxy) is 1. The molecule has 5 nitrogen and oxygen atoms in total. The van der Waals surface area contributed by atoms with Gasteiger partial charge in [-0.3, -0.25) is 4.79 Å². The van der Waals surface area contributed by atoms with E-state index >= 15 is 0 Å². The molecule has 0 amide bonds. The summed E-state index contributed by atoms with van der Waals surface area (Å²) in [5, 5.41) is 17.9. The van der Waals surface area contributed by atoms with Crippen molar-refractivity contribution in [2.45, 2.75) is 18.9 Å². The highest BCUT2D eigenvalue weighted by Crippen LogP contribution is 2.29. The smallest absolute Gasteiger partial charge is 0.303 e. The summed E-state index contributed by atoms with van der Waals surface area (Å²) >= 11 is 0. The molecule has 4 N–H and O–H groups in total. The van der Waals surface area contributed by atoms with Crippen molar-refractivity contribution in [1.82, 2.24) is 0 Å². The van der Waals surface area contributed by atoms with E-state index in [1.165, 1.54) is 19.2 Å². The van der Waals surface area contributed by atoms with Gasteiger partial charge in [-0.1, -0.05) is 0 Å². The van der Waals surface area contributed by atoms with Gasteiger partial charge in [0.05, 0.1) is 7.11 Å². The molecule has 88 valence electrons. The standard InChI is InChI=1S/C11H15NO4/c1-16-10-4-2-7(13)6-8(10)9(12)3-5-11(14)15/h2,4,6,9,13H,3,5,12H2,1H3,(H,14,15). The SMILES string of the molecule is COc1ccc(O)cc1C(N)CCC(=O)O. The molecule has 0 aliphatic rings. The van der Waals surface area contributed by atoms with E-state index in [9.17, 15) is 9.90 Å². The monoisotopic (exact) mass is 225 g/mol. The lowest BCUT2D eigenvalue weighted by Crippen LogP contribution is -2.13. The first kappa shape index (κ1) is 12.3. The van der Waals surface area contributed by atoms with Crippen molar-refractivity contribution in [3.05, 3.63) is 23.8 Å². The lowest BCUT2D eigenvalue weighted by atomic mass is 10.0. The Morgan fingerprint density at radius 3 is 2.81 bits per heavy atom. The first-order chi connectivity index (χ1) is 7.54. The zero-order chi connectivity index (χ0) is 12.1. The van der Waals surface area contributed by atoms with E-state index in [2.05, 4.69) is 0 Å². The van der Waals surface area contributed by atoms with Crippen LogP contribution in [0, 0.1) is 0 Å². The molecular weight excluding hydrogens is 210 g/mol. The van der Waals surface area contributed by atoms with E-state index in [1.807, 2.05) is 0 Å². The summed E-state index contributed by atoms with van der Waals surface area (Å²) < 4.78 is 5.09. The molecule has 1 unspecified atom stereocenters. The Hall–Kier alpha value is -1.75. The summed E-state index contributed by atoms with van der Waals surface area (Å²) in [7, 11) is 1.50. The normalized spacial score (nSPS) is 12.1. The number of hydrogen-bond donors (Lipinski definition) is 3. The van der Waals surface area contributed by atoms with Crippen LogP contribution in [0.5, 0.6) is 11.5 Å². The molecule has 0 heterocycles. The Kier molecular flexibility index (Phi) is 4.13. The molecule has 1 aromatic rings. The second kappa shape index (κ2) is 5.37. The van der Waals surface area contributed by atoms with Crippen LogP contribution in [0.4, 0.5) is 0 Å². The molecule has 0 radical (unpaired) electrons. The molecule has 0 aliphatic carbocycles. The third-order valence-corrected chi connectivity index (χ3v) is 2.28. The summed E-state index contributed by atoms with van der Waals surface area (Å²) in [6.07, 6.45) is 0.287. The largest absolute Gasteiger partial charge is 0.508 e. The van der Waals surface area contributed by atoms with Crippen molar-refractivity contribution in [2.75, 3.05) is 7.11 Å². The molecule has 1 rings (SSSR count). The van der Waals surface area contributed by atoms with Gasteiger partial charge in [-0.15, -0.1) is 0 Å². The minimum Gasteiger partial charge on any atom is -0.508 e. The van der Waals surface area contributed by atoms with Crippen LogP contribution in [0.2, 0.25) is 0 Å². The summed E-state index contributed by atoms with van der Waals surface area (Å²) in [6.45, 7) is 0. The summed E-state index contributed by atoms with van der Waals surface area (Å²) in [5.41, 5.74) is 6.45. The number of methoxy groups -OCH3 is 1. The van der Waals surface area contributed by atoms with Crippen molar-refractivity contribution < 1.29 is 19.7 Å². The number of nitrogens with two attached hydrogens (primary N) is 1. The molecule has 1 atom stereocenters. The number of phenols is 1. The molecule has 1 aromatic carbocycles. The zero-order valence-corrected chi connectivity index (χ0v) is 9.01. The molecule has 5 heteroatoms. The molecule has 0 saturated carbocycles. The Morgan fingerprint density at radius 2 is 2.25 bits per heavy atom. The van der Waals surface area contributed by atoms with Crippen molar-refractivity contribution >= 4 is 5.97 Å². The van der Waals surface area contributed by atoms with Gasteiger partial charge in [0.25, 0.3) is 0 Å². The van der Waals surface area contributed by atoms with Crippen LogP contribution in [-0.2, 0) is 4.79 Å². The van der Waals surface area contributed by atoms with E-state index in [1.54, 1.807) is 6.07 Å². The predicted octanol–water partition coefficient (Wildman–Crippen LogP) is 1.27. The topological polar surface area (TPSA) is 92.8 Å². The van der Waals surface area contributed by atoms with Gasteiger partial charge >= 0.3 is 5.97 Å². The van der Waals surface area contributed by atoms with E-state index in [4.69, 9.17) is 15.6 Å². The van der Waals surface area contributed by atoms with Crippen LogP contribution < -0.4 is 10.5 Å². The van der Waals surface area contributed by atoms with Crippen LogP contribution in [0.3, 0.4) is 0 Å². The number of aliphatic carboxylic acids is 1. The average Bonchev–Trinajstić information content (AvgIpc) is 2.25. The fourth-order valence-corrected chi connectivity index (χ4v) is 1.45. The summed E-state index contributed by atoms with van der Waals surface area (Å²) in [5.74, 6) is -0.258. The highest BCUT2D eigenvalue weighted by atomic mass is 16.5. The van der Waals surface area contributed by atoms with Crippen molar-refractivity contribution in [1.29, 1.82) is 0 Å². The van der Waals surface area contributed by atoms with E-state index in [0.717, 1.165) is 0 Å². The first-order valence-electron chi connectivity index (χ1n) is 4.89. The van der Waals surface area contributed by atoms with Gasteiger partial charge in [0.15, 0.2) is 0 Å². The van der Waals surface area contributed by atoms with Crippen LogP contribution in [0.25, 0.3) is 0 Å². The molecule has 0 bridgehead atoms. The van der Waals surface area contributed by atoms with E-state index < -0.39 is 12.0 Å². The lowest BCUT2D eigenvalue weighted by Gasteiger charge is -2.15. The Morgan fingerprint density at radius 1 is 1.56 bits per heavy atom. The molecule has 0 saturated heterocycles. The third kappa shape index (κ3) is 3.13. The number of benzene rings is 1. The van der Waals surface area contributed by atoms with Gasteiger partial charge in [0, 0.05) is 18.0 Å². The molecule has 0 spiro atoms. The maximum Gasteiger partial charge on any atom is 0.303 e. The second-order valence-electron chi connectivity index (χ2n) is 3.47. The number of rotatable bonds is 5. The second-order valence-corrected chi connectivity index (χ2v) is 3.47. The Balaban J connectivity index is 2.84. The van der Waals surface area contributed by atoms with Crippen molar-refractivity contribution in [3.63, 3.8) is 0 Å². The van der Waals surface area contributed by atoms with E-state index in [-0.39, 0.29) is 12.2 Å². The minimum atomic E-state index is -0.894. The first-order valence-corrected chi connectivity index (χ1v) is 4.89. The highest BCUT2D eigenvalue weighted by molar-refractivity contribution is 5.66. The van der Waals surface area contributed by atoms with E-state index in [0.29, 0.717) is 17.7 Å². The fraction of sp³-hybridized carbons (Fsp3) is 0.364. The fourth-order valence-electron chi connectivity index (χ4n) is 1.45. The number of carboxylic acids is 1. The van der Waals surface area contributed by atoms with Crippen LogP contribution >= 0.6 is 0 Å². The van der Waals surface area contributed by atoms with Gasteiger partial charge in [-0.2, -0.15) is 0 Å². The average molecular weight is 225 g/mol. The van der Waals surface area contributed by atoms with Gasteiger partial charge in [0.1, 0.15) is 11.5 Å². The Bertz CT molecular complexity index is 378. The van der Waals surface area contributed by atoms with Crippen LogP contribution in [0.15, 0.2) is 18.2 Å². The minimum absolute atomic E-state index is 0.0139. The highest BCUT2D eigenvalue weighted by Gasteiger charge is 2.14. The Labute approximate surface area is 93.5 Å². The molecule has 0 fully saturated rings. The molecular formula is C11H15NO4. The molecule has 0 aliphatic heterocycles. The van der Waals surface area contributed by atoms with Gasteiger partial charge < -0.3 is 20.7 Å². The number of phenolic OH excluding ortho intramolecular Hbond substituents is 1.